The van der Waals surface area contributed by atoms with Crippen LogP contribution in [0.15, 0.2) is 6.20 Å². The van der Waals surface area contributed by atoms with Crippen molar-refractivity contribution in [1.29, 1.82) is 0 Å². The van der Waals surface area contributed by atoms with Gasteiger partial charge in [0.05, 0.1) is 14.7 Å². The van der Waals surface area contributed by atoms with E-state index in [1.165, 1.54) is 22.6 Å². The highest BCUT2D eigenvalue weighted by Crippen LogP contribution is 2.26. The molecule has 0 aliphatic heterocycles. The van der Waals surface area contributed by atoms with Crippen LogP contribution in [0.2, 0.25) is 0 Å². The number of pyridine rings is 1. The first kappa shape index (κ1) is 11.2. The first-order valence-electron chi connectivity index (χ1n) is 3.30. The lowest BCUT2D eigenvalue weighted by molar-refractivity contribution is 0.0681. The van der Waals surface area contributed by atoms with Crippen LogP contribution >= 0.6 is 22.6 Å². The van der Waals surface area contributed by atoms with Crippen LogP contribution in [0.1, 0.15) is 22.3 Å². The number of rotatable bonds is 2. The summed E-state index contributed by atoms with van der Waals surface area (Å²) in [6, 6.07) is 0. The van der Waals surface area contributed by atoms with Gasteiger partial charge in [-0.25, -0.2) is 18.6 Å². The smallest absolute Gasteiger partial charge is 0.337 e. The monoisotopic (exact) mass is 317 g/mol. The summed E-state index contributed by atoms with van der Waals surface area (Å²) in [5.74, 6) is -2.65. The van der Waals surface area contributed by atoms with Gasteiger partial charge >= 0.3 is 5.97 Å². The summed E-state index contributed by atoms with van der Waals surface area (Å²) >= 11 is 1.33. The van der Waals surface area contributed by atoms with Crippen molar-refractivity contribution in [2.24, 2.45) is 0 Å². The maximum Gasteiger partial charge on any atom is 0.337 e. The van der Waals surface area contributed by atoms with E-state index in [1.54, 1.807) is 0 Å². The molecule has 0 aliphatic rings. The van der Waals surface area contributed by atoms with Gasteiger partial charge in [0.1, 0.15) is 0 Å². The Bertz CT molecular complexity index is 383. The van der Waals surface area contributed by atoms with Crippen molar-refractivity contribution in [3.8, 4) is 0 Å². The summed E-state index contributed by atoms with van der Waals surface area (Å²) in [7, 11) is 0. The highest BCUT2D eigenvalue weighted by atomic mass is 127. The third-order valence-electron chi connectivity index (χ3n) is 1.46. The van der Waals surface area contributed by atoms with Crippen molar-refractivity contribution >= 4 is 28.6 Å². The van der Waals surface area contributed by atoms with E-state index in [-0.39, 0.29) is 0 Å². The fourth-order valence-corrected chi connectivity index (χ4v) is 1.54. The zero-order valence-electron chi connectivity index (χ0n) is 6.47. The second-order valence-electron chi connectivity index (χ2n) is 2.30. The predicted molar refractivity (Wildman–Crippen MR) is 48.8 cm³/mol. The SMILES string of the molecule is O=C(O)c1c(C(F)F)cnc(F)c1I. The molecule has 1 heterocycles. The average Bonchev–Trinajstić information content (AvgIpc) is 2.08. The molecule has 3 nitrogen and oxygen atoms in total. The summed E-state index contributed by atoms with van der Waals surface area (Å²) < 4.78 is 36.9. The number of carbonyl (C=O) groups is 1. The molecule has 0 unspecified atom stereocenters. The first-order valence-corrected chi connectivity index (χ1v) is 4.38. The first-order chi connectivity index (χ1) is 6.45. The quantitative estimate of drug-likeness (QED) is 0.673. The van der Waals surface area contributed by atoms with Gasteiger partial charge < -0.3 is 5.11 Å². The van der Waals surface area contributed by atoms with Crippen LogP contribution in [0.25, 0.3) is 0 Å². The van der Waals surface area contributed by atoms with Crippen LogP contribution in [-0.4, -0.2) is 16.1 Å². The maximum absolute atomic E-state index is 12.8. The Morgan fingerprint density at radius 2 is 2.14 bits per heavy atom. The van der Waals surface area contributed by atoms with Gasteiger partial charge in [0, 0.05) is 6.20 Å². The molecule has 1 rings (SSSR count). The van der Waals surface area contributed by atoms with Gasteiger partial charge in [0.15, 0.2) is 0 Å². The topological polar surface area (TPSA) is 50.2 Å². The second kappa shape index (κ2) is 4.11. The van der Waals surface area contributed by atoms with Gasteiger partial charge in [-0.1, -0.05) is 0 Å². The molecule has 0 spiro atoms. The summed E-state index contributed by atoms with van der Waals surface area (Å²) in [6.07, 6.45) is -2.45. The normalized spacial score (nSPS) is 10.6. The molecule has 0 aliphatic carbocycles. The number of hydrogen-bond acceptors (Lipinski definition) is 2. The molecular weight excluding hydrogens is 314 g/mol. The van der Waals surface area contributed by atoms with E-state index in [9.17, 15) is 18.0 Å². The van der Waals surface area contributed by atoms with Crippen LogP contribution in [0.5, 0.6) is 0 Å². The van der Waals surface area contributed by atoms with E-state index in [2.05, 4.69) is 4.98 Å². The molecule has 0 saturated carbocycles. The number of nitrogens with zero attached hydrogens (tertiary/aromatic N) is 1. The summed E-state index contributed by atoms with van der Waals surface area (Å²) in [5, 5.41) is 8.59. The van der Waals surface area contributed by atoms with E-state index in [0.29, 0.717) is 6.20 Å². The van der Waals surface area contributed by atoms with Gasteiger partial charge in [0.2, 0.25) is 5.95 Å². The lowest BCUT2D eigenvalue weighted by Crippen LogP contribution is -2.09. The van der Waals surface area contributed by atoms with Crippen LogP contribution in [0, 0.1) is 9.52 Å². The Morgan fingerprint density at radius 1 is 1.57 bits per heavy atom. The summed E-state index contributed by atoms with van der Waals surface area (Å²) in [5.41, 5.74) is -1.50. The van der Waals surface area contributed by atoms with Gasteiger partial charge in [0.25, 0.3) is 6.43 Å². The summed E-state index contributed by atoms with van der Waals surface area (Å²) in [6.45, 7) is 0. The Morgan fingerprint density at radius 3 is 2.57 bits per heavy atom. The van der Waals surface area contributed by atoms with Crippen molar-refractivity contribution in [2.75, 3.05) is 0 Å². The Labute approximate surface area is 90.1 Å². The van der Waals surface area contributed by atoms with E-state index >= 15 is 0 Å². The number of aromatic carboxylic acids is 1. The van der Waals surface area contributed by atoms with E-state index < -0.39 is 33.0 Å². The lowest BCUT2D eigenvalue weighted by Gasteiger charge is -2.06. The molecule has 14 heavy (non-hydrogen) atoms. The fraction of sp³-hybridized carbons (Fsp3) is 0.143. The van der Waals surface area contributed by atoms with Crippen LogP contribution < -0.4 is 0 Å². The number of hydrogen-bond donors (Lipinski definition) is 1. The summed E-state index contributed by atoms with van der Waals surface area (Å²) in [4.78, 5) is 13.6. The number of carboxylic acids is 1. The standard InChI is InChI=1S/C7H3F3INO2/c8-5(9)2-1-12-6(10)4(11)3(2)7(13)14/h1,5H,(H,13,14). The molecule has 1 N–H and O–H groups in total. The van der Waals surface area contributed by atoms with Gasteiger partial charge in [-0.2, -0.15) is 4.39 Å². The van der Waals surface area contributed by atoms with Crippen LogP contribution in [-0.2, 0) is 0 Å². The molecule has 0 aromatic carbocycles. The van der Waals surface area contributed by atoms with Crippen molar-refractivity contribution in [3.05, 3.63) is 26.8 Å². The van der Waals surface area contributed by atoms with Gasteiger partial charge in [-0.3, -0.25) is 0 Å². The number of carboxylic acid groups (broad SMARTS) is 1. The molecule has 0 amide bonds. The van der Waals surface area contributed by atoms with Crippen molar-refractivity contribution in [3.63, 3.8) is 0 Å². The lowest BCUT2D eigenvalue weighted by atomic mass is 10.1. The van der Waals surface area contributed by atoms with Crippen LogP contribution in [0.3, 0.4) is 0 Å². The third kappa shape index (κ3) is 1.97. The van der Waals surface area contributed by atoms with Gasteiger partial charge in [-0.05, 0) is 22.6 Å². The van der Waals surface area contributed by atoms with Gasteiger partial charge in [-0.15, -0.1) is 0 Å². The molecule has 0 fully saturated rings. The van der Waals surface area contributed by atoms with Crippen molar-refractivity contribution in [2.45, 2.75) is 6.43 Å². The number of alkyl halides is 2. The zero-order valence-corrected chi connectivity index (χ0v) is 8.63. The Hall–Kier alpha value is -0.860. The van der Waals surface area contributed by atoms with Crippen molar-refractivity contribution < 1.29 is 23.1 Å². The molecule has 0 bridgehead atoms. The minimum Gasteiger partial charge on any atom is -0.478 e. The molecule has 7 heteroatoms. The molecule has 0 atom stereocenters. The van der Waals surface area contributed by atoms with E-state index in [1.807, 2.05) is 0 Å². The third-order valence-corrected chi connectivity index (χ3v) is 2.44. The minimum absolute atomic E-state index is 0.409. The Balaban J connectivity index is 3.45. The van der Waals surface area contributed by atoms with Crippen LogP contribution in [0.4, 0.5) is 13.2 Å². The average molecular weight is 317 g/mol. The fourth-order valence-electron chi connectivity index (χ4n) is 0.860. The highest BCUT2D eigenvalue weighted by molar-refractivity contribution is 14.1. The largest absolute Gasteiger partial charge is 0.478 e. The number of aromatic nitrogens is 1. The minimum atomic E-state index is -2.98. The maximum atomic E-state index is 12.8. The molecule has 1 aromatic rings. The molecule has 0 saturated heterocycles. The number of halogens is 4. The zero-order chi connectivity index (χ0) is 10.9. The second-order valence-corrected chi connectivity index (χ2v) is 3.38. The molecule has 76 valence electrons. The molecular formula is C7H3F3INO2. The van der Waals surface area contributed by atoms with Crippen molar-refractivity contribution in [1.82, 2.24) is 4.98 Å². The predicted octanol–water partition coefficient (Wildman–Crippen LogP) is 2.46. The molecule has 1 aromatic heterocycles. The molecule has 0 radical (unpaired) electrons. The highest BCUT2D eigenvalue weighted by Gasteiger charge is 2.23. The van der Waals surface area contributed by atoms with E-state index in [0.717, 1.165) is 0 Å². The Kier molecular flexibility index (Phi) is 3.29. The van der Waals surface area contributed by atoms with E-state index in [4.69, 9.17) is 5.11 Å².